The van der Waals surface area contributed by atoms with Gasteiger partial charge < -0.3 is 18.9 Å². The molecule has 5 fully saturated rings. The first kappa shape index (κ1) is 17.3. The van der Waals surface area contributed by atoms with E-state index in [2.05, 4.69) is 13.8 Å². The van der Waals surface area contributed by atoms with E-state index in [1.807, 2.05) is 20.8 Å². The van der Waals surface area contributed by atoms with Gasteiger partial charge in [0.1, 0.15) is 11.8 Å². The molecule has 2 saturated heterocycles. The summed E-state index contributed by atoms with van der Waals surface area (Å²) in [7, 11) is -0.557. The number of hydrogen-bond donors (Lipinski definition) is 0. The van der Waals surface area contributed by atoms with E-state index in [0.29, 0.717) is 17.3 Å². The van der Waals surface area contributed by atoms with Crippen molar-refractivity contribution in [2.75, 3.05) is 6.54 Å². The molecule has 3 aliphatic carbocycles. The van der Waals surface area contributed by atoms with Crippen LogP contribution in [0.25, 0.3) is 0 Å². The molecular formula is C19H29BFNO4. The summed E-state index contributed by atoms with van der Waals surface area (Å²) in [6.45, 7) is 10.1. The van der Waals surface area contributed by atoms with Crippen LogP contribution in [0.5, 0.6) is 0 Å². The number of rotatable bonds is 1. The third-order valence-corrected chi connectivity index (χ3v) is 7.93. The van der Waals surface area contributed by atoms with E-state index >= 15 is 0 Å². The molecule has 0 spiro atoms. The Balaban J connectivity index is 1.37. The Hall–Kier alpha value is -0.815. The molecule has 144 valence electrons. The van der Waals surface area contributed by atoms with Gasteiger partial charge in [0, 0.05) is 12.0 Å². The normalized spacial score (nSPS) is 51.6. The zero-order chi connectivity index (χ0) is 18.6. The molecule has 0 aromatic heterocycles. The fourth-order valence-corrected chi connectivity index (χ4v) is 7.02. The molecule has 0 aromatic carbocycles. The van der Waals surface area contributed by atoms with Crippen LogP contribution in [-0.2, 0) is 14.0 Å². The van der Waals surface area contributed by atoms with Crippen LogP contribution in [0.15, 0.2) is 0 Å². The maximum atomic E-state index is 14.2. The predicted octanol–water partition coefficient (Wildman–Crippen LogP) is 3.21. The van der Waals surface area contributed by atoms with Crippen LogP contribution in [0.3, 0.4) is 0 Å². The maximum absolute atomic E-state index is 14.2. The van der Waals surface area contributed by atoms with Crippen molar-refractivity contribution in [2.45, 2.75) is 83.3 Å². The van der Waals surface area contributed by atoms with Crippen LogP contribution in [0, 0.1) is 23.2 Å². The Kier molecular flexibility index (Phi) is 3.30. The second kappa shape index (κ2) is 4.96. The van der Waals surface area contributed by atoms with Crippen LogP contribution >= 0.6 is 0 Å². The molecule has 8 atom stereocenters. The number of amides is 1. The number of alkyl halides is 1. The Bertz CT molecular complexity index is 656. The minimum Gasteiger partial charge on any atom is -0.444 e. The lowest BCUT2D eigenvalue weighted by Gasteiger charge is -2.74. The van der Waals surface area contributed by atoms with Crippen molar-refractivity contribution < 1.29 is 23.2 Å². The Labute approximate surface area is 155 Å². The Morgan fingerprint density at radius 3 is 2.69 bits per heavy atom. The molecule has 0 bridgehead atoms. The maximum Gasteiger partial charge on any atom is 0.482 e. The van der Waals surface area contributed by atoms with Gasteiger partial charge in [-0.1, -0.05) is 6.92 Å². The smallest absolute Gasteiger partial charge is 0.444 e. The van der Waals surface area contributed by atoms with Crippen LogP contribution in [0.1, 0.15) is 53.9 Å². The summed E-state index contributed by atoms with van der Waals surface area (Å²) in [6.07, 6.45) is 1.17. The predicted molar refractivity (Wildman–Crippen MR) is 94.2 cm³/mol. The summed E-state index contributed by atoms with van der Waals surface area (Å²) in [5, 5.41) is 0. The molecule has 7 heteroatoms. The number of likely N-dealkylation sites (tertiary alicyclic amines) is 1. The van der Waals surface area contributed by atoms with E-state index in [1.165, 1.54) is 11.3 Å². The van der Waals surface area contributed by atoms with Gasteiger partial charge in [0.05, 0.1) is 18.1 Å². The van der Waals surface area contributed by atoms with Crippen molar-refractivity contribution >= 4 is 13.2 Å². The summed E-state index contributed by atoms with van der Waals surface area (Å²) in [4.78, 5) is 14.1. The van der Waals surface area contributed by atoms with Crippen molar-refractivity contribution in [3.05, 3.63) is 0 Å². The summed E-state index contributed by atoms with van der Waals surface area (Å²) < 4.78 is 32.5. The van der Waals surface area contributed by atoms with Gasteiger partial charge in [0.15, 0.2) is 0 Å². The van der Waals surface area contributed by atoms with E-state index in [0.717, 1.165) is 12.3 Å². The SMILES string of the molecule is CC(C)(C)OC(=O)N1C[C@@H](F)CC1B1OC2CC3CC4C3(C)C2[C@@]4(C)O1. The quantitative estimate of drug-likeness (QED) is 0.670. The van der Waals surface area contributed by atoms with Crippen molar-refractivity contribution in [1.82, 2.24) is 4.90 Å². The third kappa shape index (κ3) is 2.02. The van der Waals surface area contributed by atoms with E-state index in [1.54, 1.807) is 0 Å². The second-order valence-corrected chi connectivity index (χ2v) is 10.4. The summed E-state index contributed by atoms with van der Waals surface area (Å²) in [5.41, 5.74) is -0.430. The highest BCUT2D eigenvalue weighted by atomic mass is 19.1. The molecule has 3 saturated carbocycles. The topological polar surface area (TPSA) is 48.0 Å². The highest BCUT2D eigenvalue weighted by Crippen LogP contribution is 2.80. The van der Waals surface area contributed by atoms with Crippen LogP contribution in [0.2, 0.25) is 0 Å². The molecule has 1 amide bonds. The highest BCUT2D eigenvalue weighted by molar-refractivity contribution is 6.47. The second-order valence-electron chi connectivity index (χ2n) is 10.4. The van der Waals surface area contributed by atoms with Crippen molar-refractivity contribution in [1.29, 1.82) is 0 Å². The van der Waals surface area contributed by atoms with Gasteiger partial charge in [-0.25, -0.2) is 9.18 Å². The molecular weight excluding hydrogens is 336 g/mol. The molecule has 5 nitrogen and oxygen atoms in total. The minimum absolute atomic E-state index is 0.0530. The molecule has 5 rings (SSSR count). The lowest BCUT2D eigenvalue weighted by atomic mass is 9.34. The molecule has 0 N–H and O–H groups in total. The number of halogens is 1. The standard InChI is InChI=1S/C19H29BFNO4/c1-17(2,3)24-16(23)22-9-11(21)8-14(22)20-25-12-6-10-7-13-18(10,4)15(12)19(13,5)26-20/h10-15H,6-9H2,1-5H3/t10?,11-,12?,13?,14?,15?,18?,19-/m0/s1. The van der Waals surface area contributed by atoms with Gasteiger partial charge in [-0.05, 0) is 64.2 Å². The van der Waals surface area contributed by atoms with Crippen LogP contribution < -0.4 is 0 Å². The van der Waals surface area contributed by atoms with Gasteiger partial charge >= 0.3 is 13.2 Å². The van der Waals surface area contributed by atoms with Gasteiger partial charge in [-0.15, -0.1) is 0 Å². The van der Waals surface area contributed by atoms with Gasteiger partial charge in [0.2, 0.25) is 0 Å². The zero-order valence-electron chi connectivity index (χ0n) is 16.3. The molecule has 26 heavy (non-hydrogen) atoms. The lowest BCUT2D eigenvalue weighted by Crippen LogP contribution is -2.78. The number of carbonyl (C=O) groups is 1. The van der Waals surface area contributed by atoms with E-state index in [9.17, 15) is 9.18 Å². The molecule has 5 aliphatic rings. The number of hydrogen-bond acceptors (Lipinski definition) is 4. The van der Waals surface area contributed by atoms with Crippen LogP contribution in [-0.4, -0.2) is 54.1 Å². The molecule has 0 radical (unpaired) electrons. The molecule has 6 unspecified atom stereocenters. The van der Waals surface area contributed by atoms with Crippen molar-refractivity contribution in [2.24, 2.45) is 23.2 Å². The Morgan fingerprint density at radius 1 is 1.27 bits per heavy atom. The number of carbonyl (C=O) groups excluding carboxylic acids is 1. The van der Waals surface area contributed by atoms with Gasteiger partial charge in [0.25, 0.3) is 0 Å². The van der Waals surface area contributed by atoms with Crippen molar-refractivity contribution in [3.63, 3.8) is 0 Å². The molecule has 0 aromatic rings. The van der Waals surface area contributed by atoms with E-state index in [4.69, 9.17) is 14.0 Å². The molecule has 2 aliphatic heterocycles. The zero-order valence-corrected chi connectivity index (χ0v) is 16.3. The summed E-state index contributed by atoms with van der Waals surface area (Å²) in [5.74, 6) is 1.33. The monoisotopic (exact) mass is 365 g/mol. The third-order valence-electron chi connectivity index (χ3n) is 7.93. The van der Waals surface area contributed by atoms with E-state index < -0.39 is 30.9 Å². The first-order chi connectivity index (χ1) is 12.0. The van der Waals surface area contributed by atoms with Crippen molar-refractivity contribution in [3.8, 4) is 0 Å². The van der Waals surface area contributed by atoms with Gasteiger partial charge in [-0.3, -0.25) is 0 Å². The number of nitrogens with zero attached hydrogens (tertiary/aromatic N) is 1. The summed E-state index contributed by atoms with van der Waals surface area (Å²) >= 11 is 0. The number of fused-ring (bicyclic) bond motifs is 1. The average Bonchev–Trinajstić information content (AvgIpc) is 2.95. The highest BCUT2D eigenvalue weighted by Gasteiger charge is 2.82. The largest absolute Gasteiger partial charge is 0.482 e. The van der Waals surface area contributed by atoms with Crippen LogP contribution in [0.4, 0.5) is 9.18 Å². The first-order valence-electron chi connectivity index (χ1n) is 10.0. The fraction of sp³-hybridized carbons (Fsp3) is 0.947. The fourth-order valence-electron chi connectivity index (χ4n) is 7.02. The van der Waals surface area contributed by atoms with Gasteiger partial charge in [-0.2, -0.15) is 0 Å². The Morgan fingerprint density at radius 2 is 2.00 bits per heavy atom. The van der Waals surface area contributed by atoms with E-state index in [-0.39, 0.29) is 24.7 Å². The molecule has 2 heterocycles. The summed E-state index contributed by atoms with van der Waals surface area (Å²) in [6, 6.07) is 0. The minimum atomic E-state index is -1.06. The average molecular weight is 365 g/mol. The number of ether oxygens (including phenoxy) is 1. The first-order valence-corrected chi connectivity index (χ1v) is 10.0. The lowest BCUT2D eigenvalue weighted by molar-refractivity contribution is -0.312.